The molecule has 0 radical (unpaired) electrons. The zero-order valence-electron chi connectivity index (χ0n) is 22.5. The van der Waals surface area contributed by atoms with Crippen LogP contribution in [0.1, 0.15) is 54.2 Å². The Morgan fingerprint density at radius 1 is 0.529 bits per heavy atom. The zero-order valence-corrected chi connectivity index (χ0v) is 23.5. The summed E-state index contributed by atoms with van der Waals surface area (Å²) in [5.41, 5.74) is 10.1. The van der Waals surface area contributed by atoms with Gasteiger partial charge in [-0.05, 0) is 68.1 Å². The van der Waals surface area contributed by atoms with Crippen LogP contribution in [-0.4, -0.2) is 8.07 Å². The van der Waals surface area contributed by atoms with Gasteiger partial charge in [0.2, 0.25) is 0 Å². The fraction of sp³-hybridized carbons (Fsp3) is 0.333. The minimum atomic E-state index is -2.46. The van der Waals surface area contributed by atoms with Crippen molar-refractivity contribution in [3.8, 4) is 0 Å². The van der Waals surface area contributed by atoms with Crippen molar-refractivity contribution in [3.05, 3.63) is 112 Å². The van der Waals surface area contributed by atoms with Crippen LogP contribution < -0.4 is 15.6 Å². The van der Waals surface area contributed by atoms with Gasteiger partial charge in [0, 0.05) is 5.54 Å². The van der Waals surface area contributed by atoms with Crippen LogP contribution in [0.15, 0.2) is 78.4 Å². The van der Waals surface area contributed by atoms with E-state index < -0.39 is 8.07 Å². The van der Waals surface area contributed by atoms with Gasteiger partial charge >= 0.3 is 0 Å². The summed E-state index contributed by atoms with van der Waals surface area (Å²) in [5, 5.41) is 4.54. The molecule has 34 heavy (non-hydrogen) atoms. The van der Waals surface area contributed by atoms with Gasteiger partial charge in [0.25, 0.3) is 0 Å². The van der Waals surface area contributed by atoms with Gasteiger partial charge in [-0.2, -0.15) is 0 Å². The minimum Gasteiger partial charge on any atom is -0.0790 e. The quantitative estimate of drug-likeness (QED) is 0.290. The number of hydrogen-bond acceptors (Lipinski definition) is 0. The van der Waals surface area contributed by atoms with Gasteiger partial charge in [-0.3, -0.25) is 0 Å². The predicted octanol–water partition coefficient (Wildman–Crippen LogP) is 6.92. The molecule has 1 heteroatoms. The minimum absolute atomic E-state index is 0.138. The molecule has 0 saturated carbocycles. The Hall–Kier alpha value is -2.64. The molecular formula is C33H40Si. The summed E-state index contributed by atoms with van der Waals surface area (Å²) >= 11 is 0. The topological polar surface area (TPSA) is 0 Å². The van der Waals surface area contributed by atoms with Gasteiger partial charge in [0.15, 0.2) is 8.07 Å². The van der Waals surface area contributed by atoms with Crippen molar-refractivity contribution >= 4 is 23.6 Å². The molecule has 0 fully saturated rings. The second-order valence-corrected chi connectivity index (χ2v) is 15.7. The second-order valence-electron chi connectivity index (χ2n) is 11.7. The number of allylic oxidation sites excluding steroid dienone is 4. The van der Waals surface area contributed by atoms with Crippen LogP contribution in [0.5, 0.6) is 0 Å². The molecule has 3 aromatic carbocycles. The lowest BCUT2D eigenvalue weighted by molar-refractivity contribution is 0.518. The lowest BCUT2D eigenvalue weighted by Crippen LogP contribution is -2.69. The molecule has 0 amide bonds. The Morgan fingerprint density at radius 2 is 0.853 bits per heavy atom. The van der Waals surface area contributed by atoms with Crippen molar-refractivity contribution in [2.24, 2.45) is 5.41 Å². The summed E-state index contributed by atoms with van der Waals surface area (Å²) in [6, 6.07) is 21.8. The highest BCUT2D eigenvalue weighted by molar-refractivity contribution is 7.13. The lowest BCUT2D eigenvalue weighted by Gasteiger charge is -2.39. The van der Waals surface area contributed by atoms with Crippen LogP contribution in [0.2, 0.25) is 5.54 Å². The van der Waals surface area contributed by atoms with Crippen molar-refractivity contribution in [1.29, 1.82) is 0 Å². The maximum Gasteiger partial charge on any atom is 0.158 e. The van der Waals surface area contributed by atoms with Crippen molar-refractivity contribution < 1.29 is 0 Å². The van der Waals surface area contributed by atoms with Crippen LogP contribution in [0.4, 0.5) is 0 Å². The highest BCUT2D eigenvalue weighted by Crippen LogP contribution is 2.39. The molecule has 1 aliphatic rings. The molecule has 0 heterocycles. The van der Waals surface area contributed by atoms with Gasteiger partial charge in [0.1, 0.15) is 0 Å². The molecule has 1 aliphatic carbocycles. The molecule has 3 aromatic rings. The summed E-state index contributed by atoms with van der Waals surface area (Å²) in [5.74, 6) is 0. The summed E-state index contributed by atoms with van der Waals surface area (Å²) in [7, 11) is -2.46. The number of benzene rings is 3. The maximum absolute atomic E-state index is 2.60. The molecular weight excluding hydrogens is 424 g/mol. The van der Waals surface area contributed by atoms with Crippen molar-refractivity contribution in [1.82, 2.24) is 0 Å². The van der Waals surface area contributed by atoms with E-state index in [9.17, 15) is 0 Å². The van der Waals surface area contributed by atoms with Crippen molar-refractivity contribution in [3.63, 3.8) is 0 Å². The van der Waals surface area contributed by atoms with Gasteiger partial charge in [-0.1, -0.05) is 127 Å². The molecule has 0 bridgehead atoms. The van der Waals surface area contributed by atoms with Crippen LogP contribution in [0.3, 0.4) is 0 Å². The first-order valence-corrected chi connectivity index (χ1v) is 14.6. The Labute approximate surface area is 208 Å². The van der Waals surface area contributed by atoms with E-state index in [-0.39, 0.29) is 5.41 Å². The largest absolute Gasteiger partial charge is 0.158 e. The normalized spacial score (nSPS) is 16.1. The second kappa shape index (κ2) is 8.85. The first-order valence-electron chi connectivity index (χ1n) is 12.6. The van der Waals surface area contributed by atoms with E-state index in [1.807, 2.05) is 0 Å². The molecule has 0 spiro atoms. The van der Waals surface area contributed by atoms with E-state index in [4.69, 9.17) is 0 Å². The summed E-state index contributed by atoms with van der Waals surface area (Å²) in [4.78, 5) is 0. The van der Waals surface area contributed by atoms with Crippen molar-refractivity contribution in [2.45, 2.75) is 67.9 Å². The van der Waals surface area contributed by atoms with E-state index in [0.29, 0.717) is 5.54 Å². The highest BCUT2D eigenvalue weighted by atomic mass is 28.3. The summed E-state index contributed by atoms with van der Waals surface area (Å²) in [6.07, 6.45) is 7.51. The molecule has 1 unspecified atom stereocenters. The van der Waals surface area contributed by atoms with E-state index in [1.165, 1.54) is 54.5 Å². The van der Waals surface area contributed by atoms with E-state index >= 15 is 0 Å². The smallest absolute Gasteiger partial charge is 0.0790 e. The molecule has 0 nitrogen and oxygen atoms in total. The molecule has 4 rings (SSSR count). The Morgan fingerprint density at radius 3 is 1.12 bits per heavy atom. The number of rotatable bonds is 4. The molecule has 0 aliphatic heterocycles. The van der Waals surface area contributed by atoms with Crippen molar-refractivity contribution in [2.75, 3.05) is 0 Å². The van der Waals surface area contributed by atoms with Crippen LogP contribution in [0.25, 0.3) is 0 Å². The molecule has 1 atom stereocenters. The fourth-order valence-electron chi connectivity index (χ4n) is 5.97. The van der Waals surface area contributed by atoms with Gasteiger partial charge in [-0.15, -0.1) is 0 Å². The molecule has 0 aromatic heterocycles. The molecule has 176 valence electrons. The van der Waals surface area contributed by atoms with E-state index in [0.717, 1.165) is 0 Å². The molecule has 0 saturated heterocycles. The highest BCUT2D eigenvalue weighted by Gasteiger charge is 2.46. The average Bonchev–Trinajstić information content (AvgIpc) is 3.17. The number of hydrogen-bond donors (Lipinski definition) is 0. The number of aryl methyl sites for hydroxylation is 6. The van der Waals surface area contributed by atoms with Gasteiger partial charge in [-0.25, -0.2) is 0 Å². The summed E-state index contributed by atoms with van der Waals surface area (Å²) < 4.78 is 0. The third kappa shape index (κ3) is 4.51. The van der Waals surface area contributed by atoms with E-state index in [2.05, 4.69) is 135 Å². The molecule has 0 N–H and O–H groups in total. The van der Waals surface area contributed by atoms with Gasteiger partial charge in [0.05, 0.1) is 0 Å². The van der Waals surface area contributed by atoms with Crippen LogP contribution in [-0.2, 0) is 0 Å². The third-order valence-corrected chi connectivity index (χ3v) is 12.2. The van der Waals surface area contributed by atoms with Gasteiger partial charge < -0.3 is 0 Å². The SMILES string of the molecule is Cc1cc(C)cc([Si](c2cc(C)cc(C)c2)(c2cc(C)cc(C)c2)C2C=CC(C(C)(C)C)=C2)c1. The Bertz CT molecular complexity index is 1110. The van der Waals surface area contributed by atoms with Crippen LogP contribution >= 0.6 is 0 Å². The zero-order chi connectivity index (χ0) is 24.8. The first-order chi connectivity index (χ1) is 15.9. The van der Waals surface area contributed by atoms with E-state index in [1.54, 1.807) is 0 Å². The predicted molar refractivity (Wildman–Crippen MR) is 153 cm³/mol. The maximum atomic E-state index is 2.60. The Balaban J connectivity index is 2.18. The summed E-state index contributed by atoms with van der Waals surface area (Å²) in [6.45, 7) is 20.5. The van der Waals surface area contributed by atoms with Crippen LogP contribution in [0, 0.1) is 47.0 Å². The Kier molecular flexibility index (Phi) is 6.38. The first kappa shape index (κ1) is 24.5. The monoisotopic (exact) mass is 464 g/mol. The average molecular weight is 465 g/mol. The standard InChI is InChI=1S/C33H40Si/c1-22-12-23(2)16-30(15-22)34(31-17-24(3)13-25(4)18-31,32-19-26(5)14-27(6)20-32)29-11-10-28(21-29)33(7,8)9/h10-21,29H,1-9H3. The third-order valence-electron chi connectivity index (χ3n) is 7.24. The fourth-order valence-corrected chi connectivity index (χ4v) is 11.7. The lowest BCUT2D eigenvalue weighted by atomic mass is 9.87.